The minimum Gasteiger partial charge on any atom is -0.497 e. The van der Waals surface area contributed by atoms with Crippen molar-refractivity contribution >= 4 is 0 Å². The largest absolute Gasteiger partial charge is 0.497 e. The summed E-state index contributed by atoms with van der Waals surface area (Å²) in [6.45, 7) is 0.516. The quantitative estimate of drug-likeness (QED) is 0.848. The number of ether oxygens (including phenoxy) is 3. The SMILES string of the molecule is COCc1cc(OC)cc(OC)c1C1(N)CC1. The van der Waals surface area contributed by atoms with Crippen molar-refractivity contribution in [3.8, 4) is 11.5 Å². The summed E-state index contributed by atoms with van der Waals surface area (Å²) in [5.41, 5.74) is 8.15. The third-order valence-corrected chi connectivity index (χ3v) is 3.20. The molecule has 94 valence electrons. The van der Waals surface area contributed by atoms with E-state index in [1.807, 2.05) is 12.1 Å². The first-order chi connectivity index (χ1) is 8.14. The standard InChI is InChI=1S/C13H19NO3/c1-15-8-9-6-10(16-2)7-11(17-3)12(9)13(14)4-5-13/h6-7H,4-5,8,14H2,1-3H3. The molecule has 0 heterocycles. The van der Waals surface area contributed by atoms with Crippen LogP contribution in [-0.2, 0) is 16.9 Å². The van der Waals surface area contributed by atoms with Crippen molar-refractivity contribution in [2.75, 3.05) is 21.3 Å². The molecule has 0 atom stereocenters. The van der Waals surface area contributed by atoms with Gasteiger partial charge in [0.1, 0.15) is 11.5 Å². The van der Waals surface area contributed by atoms with Gasteiger partial charge in [-0.3, -0.25) is 0 Å². The van der Waals surface area contributed by atoms with Crippen LogP contribution in [0.2, 0.25) is 0 Å². The van der Waals surface area contributed by atoms with Gasteiger partial charge < -0.3 is 19.9 Å². The van der Waals surface area contributed by atoms with E-state index in [-0.39, 0.29) is 5.54 Å². The molecule has 0 aliphatic heterocycles. The molecule has 1 saturated carbocycles. The summed E-state index contributed by atoms with van der Waals surface area (Å²) in [6, 6.07) is 3.84. The van der Waals surface area contributed by atoms with E-state index in [4.69, 9.17) is 19.9 Å². The van der Waals surface area contributed by atoms with E-state index in [1.54, 1.807) is 21.3 Å². The second-order valence-electron chi connectivity index (χ2n) is 4.45. The van der Waals surface area contributed by atoms with Gasteiger partial charge in [-0.15, -0.1) is 0 Å². The van der Waals surface area contributed by atoms with Crippen molar-refractivity contribution in [1.29, 1.82) is 0 Å². The summed E-state index contributed by atoms with van der Waals surface area (Å²) < 4.78 is 15.9. The predicted molar refractivity (Wildman–Crippen MR) is 65.4 cm³/mol. The van der Waals surface area contributed by atoms with Crippen molar-refractivity contribution in [2.45, 2.75) is 25.0 Å². The average Bonchev–Trinajstić information content (AvgIpc) is 3.07. The zero-order chi connectivity index (χ0) is 12.5. The van der Waals surface area contributed by atoms with Crippen molar-refractivity contribution in [3.05, 3.63) is 23.3 Å². The van der Waals surface area contributed by atoms with Crippen molar-refractivity contribution in [1.82, 2.24) is 0 Å². The smallest absolute Gasteiger partial charge is 0.127 e. The molecule has 4 heteroatoms. The van der Waals surface area contributed by atoms with Crippen molar-refractivity contribution in [3.63, 3.8) is 0 Å². The topological polar surface area (TPSA) is 53.7 Å². The number of rotatable bonds is 5. The molecule has 1 aromatic rings. The molecule has 1 aliphatic rings. The third-order valence-electron chi connectivity index (χ3n) is 3.20. The fourth-order valence-electron chi connectivity index (χ4n) is 2.14. The van der Waals surface area contributed by atoms with Crippen LogP contribution in [0.25, 0.3) is 0 Å². The fraction of sp³-hybridized carbons (Fsp3) is 0.538. The Labute approximate surface area is 102 Å². The second-order valence-corrected chi connectivity index (χ2v) is 4.45. The molecule has 0 amide bonds. The summed E-state index contributed by atoms with van der Waals surface area (Å²) in [4.78, 5) is 0. The van der Waals surface area contributed by atoms with Gasteiger partial charge in [-0.05, 0) is 24.5 Å². The molecule has 2 N–H and O–H groups in total. The first kappa shape index (κ1) is 12.2. The minimum atomic E-state index is -0.245. The Balaban J connectivity index is 2.52. The Bertz CT molecular complexity index is 413. The molecule has 17 heavy (non-hydrogen) atoms. The van der Waals surface area contributed by atoms with Crippen LogP contribution < -0.4 is 15.2 Å². The highest BCUT2D eigenvalue weighted by molar-refractivity contribution is 5.52. The lowest BCUT2D eigenvalue weighted by Crippen LogP contribution is -2.22. The van der Waals surface area contributed by atoms with Gasteiger partial charge in [0.05, 0.1) is 20.8 Å². The van der Waals surface area contributed by atoms with Crippen LogP contribution in [0, 0.1) is 0 Å². The zero-order valence-electron chi connectivity index (χ0n) is 10.6. The summed E-state index contributed by atoms with van der Waals surface area (Å²) in [5.74, 6) is 1.55. The summed E-state index contributed by atoms with van der Waals surface area (Å²) in [6.07, 6.45) is 1.98. The van der Waals surface area contributed by atoms with Crippen LogP contribution in [0.15, 0.2) is 12.1 Å². The number of hydrogen-bond acceptors (Lipinski definition) is 4. The van der Waals surface area contributed by atoms with E-state index >= 15 is 0 Å². The van der Waals surface area contributed by atoms with Crippen LogP contribution in [-0.4, -0.2) is 21.3 Å². The molecule has 0 saturated heterocycles. The first-order valence-corrected chi connectivity index (χ1v) is 5.68. The molecule has 1 aromatic carbocycles. The van der Waals surface area contributed by atoms with Crippen molar-refractivity contribution in [2.24, 2.45) is 5.73 Å². The van der Waals surface area contributed by atoms with Gasteiger partial charge in [0.15, 0.2) is 0 Å². The van der Waals surface area contributed by atoms with Crippen LogP contribution in [0.3, 0.4) is 0 Å². The molecule has 0 bridgehead atoms. The maximum Gasteiger partial charge on any atom is 0.127 e. The van der Waals surface area contributed by atoms with Gasteiger partial charge >= 0.3 is 0 Å². The molecular weight excluding hydrogens is 218 g/mol. The van der Waals surface area contributed by atoms with Gasteiger partial charge in [0, 0.05) is 24.3 Å². The molecule has 1 aliphatic carbocycles. The molecule has 0 radical (unpaired) electrons. The highest BCUT2D eigenvalue weighted by Gasteiger charge is 2.44. The summed E-state index contributed by atoms with van der Waals surface area (Å²) in [5, 5.41) is 0. The Hall–Kier alpha value is -1.26. The van der Waals surface area contributed by atoms with Crippen LogP contribution >= 0.6 is 0 Å². The molecule has 0 aromatic heterocycles. The Morgan fingerprint density at radius 1 is 1.18 bits per heavy atom. The van der Waals surface area contributed by atoms with E-state index in [0.717, 1.165) is 35.5 Å². The molecule has 4 nitrogen and oxygen atoms in total. The van der Waals surface area contributed by atoms with Gasteiger partial charge in [-0.25, -0.2) is 0 Å². The van der Waals surface area contributed by atoms with Gasteiger partial charge in [0.25, 0.3) is 0 Å². The highest BCUT2D eigenvalue weighted by Crippen LogP contribution is 2.49. The summed E-state index contributed by atoms with van der Waals surface area (Å²) in [7, 11) is 4.97. The maximum atomic E-state index is 6.29. The van der Waals surface area contributed by atoms with Crippen LogP contribution in [0.1, 0.15) is 24.0 Å². The van der Waals surface area contributed by atoms with E-state index in [9.17, 15) is 0 Å². The molecule has 0 spiro atoms. The minimum absolute atomic E-state index is 0.245. The van der Waals surface area contributed by atoms with E-state index < -0.39 is 0 Å². The van der Waals surface area contributed by atoms with E-state index in [2.05, 4.69) is 0 Å². The lowest BCUT2D eigenvalue weighted by molar-refractivity contribution is 0.182. The monoisotopic (exact) mass is 237 g/mol. The van der Waals surface area contributed by atoms with Crippen LogP contribution in [0.5, 0.6) is 11.5 Å². The number of nitrogens with two attached hydrogens (primary N) is 1. The number of hydrogen-bond donors (Lipinski definition) is 1. The van der Waals surface area contributed by atoms with E-state index in [0.29, 0.717) is 6.61 Å². The lowest BCUT2D eigenvalue weighted by atomic mass is 9.97. The zero-order valence-corrected chi connectivity index (χ0v) is 10.6. The number of methoxy groups -OCH3 is 3. The molecular formula is C13H19NO3. The van der Waals surface area contributed by atoms with Gasteiger partial charge in [0.2, 0.25) is 0 Å². The Morgan fingerprint density at radius 2 is 1.88 bits per heavy atom. The molecule has 2 rings (SSSR count). The van der Waals surface area contributed by atoms with Crippen molar-refractivity contribution < 1.29 is 14.2 Å². The number of benzene rings is 1. The van der Waals surface area contributed by atoms with Gasteiger partial charge in [-0.2, -0.15) is 0 Å². The predicted octanol–water partition coefficient (Wildman–Crippen LogP) is 1.80. The first-order valence-electron chi connectivity index (χ1n) is 5.68. The third kappa shape index (κ3) is 2.23. The van der Waals surface area contributed by atoms with Crippen LogP contribution in [0.4, 0.5) is 0 Å². The Kier molecular flexibility index (Phi) is 3.26. The summed E-state index contributed by atoms with van der Waals surface area (Å²) >= 11 is 0. The lowest BCUT2D eigenvalue weighted by Gasteiger charge is -2.20. The highest BCUT2D eigenvalue weighted by atomic mass is 16.5. The van der Waals surface area contributed by atoms with Gasteiger partial charge in [-0.1, -0.05) is 0 Å². The normalized spacial score (nSPS) is 16.7. The second kappa shape index (κ2) is 4.55. The molecule has 0 unspecified atom stereocenters. The van der Waals surface area contributed by atoms with E-state index in [1.165, 1.54) is 0 Å². The molecule has 1 fully saturated rings. The fourth-order valence-corrected chi connectivity index (χ4v) is 2.14. The Morgan fingerprint density at radius 3 is 2.35 bits per heavy atom. The average molecular weight is 237 g/mol. The maximum absolute atomic E-state index is 6.29.